The fraction of sp³-hybridized carbons (Fsp3) is 0.833. The molecular weight excluding hydrogens is 272 g/mol. The third-order valence-electron chi connectivity index (χ3n) is 2.89. The predicted octanol–water partition coefficient (Wildman–Crippen LogP) is 3.47. The molecule has 0 bridgehead atoms. The summed E-state index contributed by atoms with van der Waals surface area (Å²) in [5.41, 5.74) is 0. The number of aliphatic hydroxyl groups is 1. The molecule has 0 aromatic rings. The average Bonchev–Trinajstić information content (AvgIpc) is 2.36. The predicted molar refractivity (Wildman–Crippen MR) is 69.1 cm³/mol. The second-order valence-electron chi connectivity index (χ2n) is 4.60. The van der Waals surface area contributed by atoms with Gasteiger partial charge in [-0.15, -0.1) is 0 Å². The Balaban J connectivity index is 2.12. The van der Waals surface area contributed by atoms with Gasteiger partial charge in [0.25, 0.3) is 0 Å². The van der Waals surface area contributed by atoms with Crippen molar-refractivity contribution < 1.29 is 26.9 Å². The van der Waals surface area contributed by atoms with Crippen LogP contribution < -0.4 is 0 Å². The van der Waals surface area contributed by atoms with E-state index in [9.17, 15) is 13.5 Å². The van der Waals surface area contributed by atoms with Crippen LogP contribution in [0, 0.1) is 0 Å². The molecule has 0 amide bonds. The van der Waals surface area contributed by atoms with Gasteiger partial charge >= 0.3 is 16.3 Å². The highest BCUT2D eigenvalue weighted by Crippen LogP contribution is 2.23. The summed E-state index contributed by atoms with van der Waals surface area (Å²) in [6, 6.07) is 0. The Kier molecular flexibility index (Phi) is 7.01. The van der Waals surface area contributed by atoms with Crippen LogP contribution in [0.4, 0.5) is 0 Å². The van der Waals surface area contributed by atoms with Gasteiger partial charge in [0.05, 0.1) is 0 Å². The maximum atomic E-state index is 10.9. The Bertz CT molecular complexity index is 387. The number of hydrogen-bond acceptors (Lipinski definition) is 6. The van der Waals surface area contributed by atoms with E-state index in [0.29, 0.717) is 6.42 Å². The highest BCUT2D eigenvalue weighted by Gasteiger charge is 2.28. The van der Waals surface area contributed by atoms with Gasteiger partial charge in [0.2, 0.25) is 5.76 Å². The molecule has 0 saturated carbocycles. The molecule has 0 aromatic carbocycles. The number of allylic oxidation sites excluding steroid dienone is 1. The first-order valence-corrected chi connectivity index (χ1v) is 8.11. The minimum Gasteiger partial charge on any atom is -0.476 e. The highest BCUT2D eigenvalue weighted by atomic mass is 32.3. The van der Waals surface area contributed by atoms with Crippen LogP contribution in [-0.4, -0.2) is 13.5 Å². The molecular formula is C12H22O6S. The second-order valence-corrected chi connectivity index (χ2v) is 5.72. The van der Waals surface area contributed by atoms with Crippen molar-refractivity contribution in [2.24, 2.45) is 0 Å². The smallest absolute Gasteiger partial charge is 0.476 e. The van der Waals surface area contributed by atoms with Gasteiger partial charge in [-0.25, -0.2) is 0 Å². The zero-order valence-electron chi connectivity index (χ0n) is 11.3. The fourth-order valence-corrected chi connectivity index (χ4v) is 2.44. The largest absolute Gasteiger partial charge is 0.485 e. The van der Waals surface area contributed by atoms with Crippen molar-refractivity contribution in [1.82, 2.24) is 0 Å². The van der Waals surface area contributed by atoms with Gasteiger partial charge < -0.3 is 9.29 Å². The van der Waals surface area contributed by atoms with Crippen molar-refractivity contribution in [3.8, 4) is 0 Å². The Morgan fingerprint density at radius 2 is 1.58 bits per heavy atom. The minimum atomic E-state index is -4.16. The topological polar surface area (TPSA) is 82.1 Å². The molecule has 112 valence electrons. The fourth-order valence-electron chi connectivity index (χ4n) is 1.86. The third kappa shape index (κ3) is 6.68. The molecule has 1 rings (SSSR count). The molecule has 0 atom stereocenters. The van der Waals surface area contributed by atoms with Crippen LogP contribution in [0.15, 0.2) is 11.7 Å². The molecule has 0 aliphatic carbocycles. The first-order valence-electron chi connectivity index (χ1n) is 6.78. The molecule has 0 radical (unpaired) electrons. The maximum Gasteiger partial charge on any atom is 0.485 e. The molecule has 0 spiro atoms. The van der Waals surface area contributed by atoms with Crippen LogP contribution >= 0.6 is 0 Å². The van der Waals surface area contributed by atoms with E-state index in [-0.39, 0.29) is 5.76 Å². The average molecular weight is 294 g/mol. The zero-order chi connectivity index (χ0) is 14.1. The van der Waals surface area contributed by atoms with Crippen molar-refractivity contribution in [2.45, 2.75) is 64.7 Å². The summed E-state index contributed by atoms with van der Waals surface area (Å²) < 4.78 is 30.2. The Morgan fingerprint density at radius 1 is 1.00 bits per heavy atom. The summed E-state index contributed by atoms with van der Waals surface area (Å²) in [5.74, 6) is -0.699. The lowest BCUT2D eigenvalue weighted by Gasteiger charge is -2.15. The van der Waals surface area contributed by atoms with Gasteiger partial charge in [-0.2, -0.15) is 8.42 Å². The quantitative estimate of drug-likeness (QED) is 0.518. The number of unbranched alkanes of at least 4 members (excludes halogenated alkanes) is 7. The summed E-state index contributed by atoms with van der Waals surface area (Å²) in [4.78, 5) is 4.15. The summed E-state index contributed by atoms with van der Waals surface area (Å²) in [6.45, 7) is 2.18. The Hall–Kier alpha value is -0.950. The van der Waals surface area contributed by atoms with Crippen molar-refractivity contribution >= 4 is 10.4 Å². The first kappa shape index (κ1) is 16.1. The lowest BCUT2D eigenvalue weighted by Crippen LogP contribution is -2.18. The highest BCUT2D eigenvalue weighted by molar-refractivity contribution is 7.81. The van der Waals surface area contributed by atoms with E-state index in [1.807, 2.05) is 0 Å². The van der Waals surface area contributed by atoms with E-state index < -0.39 is 16.3 Å². The second kappa shape index (κ2) is 8.27. The van der Waals surface area contributed by atoms with E-state index in [4.69, 9.17) is 0 Å². The van der Waals surface area contributed by atoms with Crippen molar-refractivity contribution in [3.05, 3.63) is 11.7 Å². The van der Waals surface area contributed by atoms with E-state index in [2.05, 4.69) is 20.3 Å². The van der Waals surface area contributed by atoms with Gasteiger partial charge in [0.1, 0.15) is 0 Å². The molecule has 1 heterocycles. The van der Waals surface area contributed by atoms with Crippen LogP contribution in [0.2, 0.25) is 0 Å². The van der Waals surface area contributed by atoms with Crippen molar-refractivity contribution in [2.75, 3.05) is 0 Å². The molecule has 1 aliphatic heterocycles. The summed E-state index contributed by atoms with van der Waals surface area (Å²) in [7, 11) is -4.16. The van der Waals surface area contributed by atoms with Gasteiger partial charge in [-0.3, -0.25) is 4.89 Å². The minimum absolute atomic E-state index is 0.0859. The molecule has 0 saturated heterocycles. The molecule has 19 heavy (non-hydrogen) atoms. The molecule has 1 N–H and O–H groups in total. The van der Waals surface area contributed by atoms with E-state index >= 15 is 0 Å². The van der Waals surface area contributed by atoms with Gasteiger partial charge in [0.15, 0.2) is 0 Å². The van der Waals surface area contributed by atoms with Crippen molar-refractivity contribution in [3.63, 3.8) is 0 Å². The number of rotatable bonds is 9. The van der Waals surface area contributed by atoms with E-state index in [0.717, 1.165) is 19.3 Å². The summed E-state index contributed by atoms with van der Waals surface area (Å²) in [5, 5.41) is 9.24. The molecule has 7 heteroatoms. The normalized spacial score (nSPS) is 17.9. The lowest BCUT2D eigenvalue weighted by molar-refractivity contribution is -0.219. The zero-order valence-corrected chi connectivity index (χ0v) is 12.1. The standard InChI is InChI=1S/C12H22O6S/c1-2-3-4-5-6-7-8-9-10-11-12(13)16-18-19(14,15)17-11/h13H,2-10H2,1H3. The van der Waals surface area contributed by atoms with E-state index in [1.165, 1.54) is 32.1 Å². The Labute approximate surface area is 114 Å². The molecule has 0 aromatic heterocycles. The van der Waals surface area contributed by atoms with Crippen LogP contribution in [0.25, 0.3) is 0 Å². The summed E-state index contributed by atoms with van der Waals surface area (Å²) in [6.07, 6.45) is 9.35. The number of hydrogen-bond donors (Lipinski definition) is 1. The molecule has 1 aliphatic rings. The third-order valence-corrected chi connectivity index (χ3v) is 3.53. The van der Waals surface area contributed by atoms with E-state index in [1.54, 1.807) is 0 Å². The number of aliphatic hydroxyl groups excluding tert-OH is 1. The monoisotopic (exact) mass is 294 g/mol. The lowest BCUT2D eigenvalue weighted by atomic mass is 10.1. The van der Waals surface area contributed by atoms with Crippen molar-refractivity contribution in [1.29, 1.82) is 0 Å². The maximum absolute atomic E-state index is 10.9. The van der Waals surface area contributed by atoms with Gasteiger partial charge in [-0.1, -0.05) is 51.9 Å². The summed E-state index contributed by atoms with van der Waals surface area (Å²) >= 11 is 0. The SMILES string of the molecule is CCCCCCCCCCC1=C(O)OOS(=O)(=O)O1. The molecule has 6 nitrogen and oxygen atoms in total. The van der Waals surface area contributed by atoms with Gasteiger partial charge in [-0.05, 0) is 10.8 Å². The molecule has 0 fully saturated rings. The molecule has 0 unspecified atom stereocenters. The van der Waals surface area contributed by atoms with Crippen LogP contribution in [0.3, 0.4) is 0 Å². The first-order chi connectivity index (χ1) is 9.05. The van der Waals surface area contributed by atoms with Crippen LogP contribution in [-0.2, 0) is 23.8 Å². The van der Waals surface area contributed by atoms with Crippen LogP contribution in [0.5, 0.6) is 0 Å². The van der Waals surface area contributed by atoms with Crippen LogP contribution in [0.1, 0.15) is 64.7 Å². The Morgan fingerprint density at radius 3 is 2.21 bits per heavy atom. The van der Waals surface area contributed by atoms with Gasteiger partial charge in [0, 0.05) is 6.42 Å².